The van der Waals surface area contributed by atoms with Crippen molar-refractivity contribution in [2.45, 2.75) is 0 Å². The average Bonchev–Trinajstić information content (AvgIpc) is 2.73. The van der Waals surface area contributed by atoms with Crippen molar-refractivity contribution >= 4 is 43.5 Å². The molecular weight excluding hydrogens is 411 g/mol. The van der Waals surface area contributed by atoms with Crippen molar-refractivity contribution in [1.29, 1.82) is 0 Å². The summed E-state index contributed by atoms with van der Waals surface area (Å²) in [6, 6.07) is 7.45. The molecule has 0 bridgehead atoms. The summed E-state index contributed by atoms with van der Waals surface area (Å²) >= 11 is 0. The van der Waals surface area contributed by atoms with Gasteiger partial charge in [0.1, 0.15) is 17.2 Å². The zero-order valence-corrected chi connectivity index (χ0v) is 12.8. The molecule has 0 aromatic carbocycles. The van der Waals surface area contributed by atoms with Gasteiger partial charge in [0.05, 0.1) is 5.56 Å². The fraction of sp³-hybridized carbons (Fsp3) is 0. The van der Waals surface area contributed by atoms with Crippen molar-refractivity contribution < 1.29 is 0 Å². The van der Waals surface area contributed by atoms with Crippen molar-refractivity contribution in [3.63, 3.8) is 0 Å². The molecule has 3 N–H and O–H groups in total. The number of aromatic nitrogens is 4. The molecular formula is C11H11N5Po. The van der Waals surface area contributed by atoms with Gasteiger partial charge in [-0.25, -0.2) is 15.0 Å². The van der Waals surface area contributed by atoms with E-state index in [4.69, 9.17) is 5.73 Å². The molecule has 0 aliphatic heterocycles. The van der Waals surface area contributed by atoms with Crippen LogP contribution in [0.15, 0.2) is 36.7 Å². The van der Waals surface area contributed by atoms with Crippen molar-refractivity contribution in [3.8, 4) is 11.4 Å². The molecule has 0 aliphatic rings. The first-order valence-electron chi connectivity index (χ1n) is 4.86. The number of nitrogens with two attached hydrogens (primary N) is 1. The number of pyridine rings is 2. The van der Waals surface area contributed by atoms with E-state index >= 15 is 0 Å². The van der Waals surface area contributed by atoms with Gasteiger partial charge in [-0.15, -0.1) is 0 Å². The van der Waals surface area contributed by atoms with Gasteiger partial charge in [-0.05, 0) is 24.3 Å². The zero-order valence-electron chi connectivity index (χ0n) is 8.88. The van der Waals surface area contributed by atoms with E-state index in [9.17, 15) is 0 Å². The standard InChI is InChI=1S/C11H9N5.Po.2H/c12-9-7(3-1-5-13-9)10-15-8-4-2-6-14-11(8)16-10;;;/h1-6H,(H2,12,13)(H,14,15,16);;;. The molecule has 0 radical (unpaired) electrons. The van der Waals surface area contributed by atoms with Crippen LogP contribution in [0.3, 0.4) is 0 Å². The molecule has 0 unspecified atom stereocenters. The van der Waals surface area contributed by atoms with E-state index in [0.29, 0.717) is 11.6 Å². The zero-order chi connectivity index (χ0) is 11.0. The minimum absolute atomic E-state index is 0. The molecule has 0 atom stereocenters. The number of imidazole rings is 1. The van der Waals surface area contributed by atoms with Crippen molar-refractivity contribution in [3.05, 3.63) is 36.7 Å². The Balaban J connectivity index is 0.00000108. The molecule has 3 aromatic heterocycles. The molecule has 3 aromatic rings. The Bertz CT molecular complexity index is 616. The van der Waals surface area contributed by atoms with Gasteiger partial charge in [0.2, 0.25) is 0 Å². The molecule has 0 spiro atoms. The number of aromatic amines is 1. The van der Waals surface area contributed by atoms with Gasteiger partial charge in [0.15, 0.2) is 5.65 Å². The van der Waals surface area contributed by atoms with Crippen molar-refractivity contribution in [2.75, 3.05) is 5.73 Å². The Hall–Kier alpha value is -1.53. The molecule has 5 nitrogen and oxygen atoms in total. The van der Waals surface area contributed by atoms with Crippen LogP contribution in [0.5, 0.6) is 0 Å². The molecule has 0 fully saturated rings. The number of nitrogen functional groups attached to an aromatic ring is 1. The average molecular weight is 422 g/mol. The van der Waals surface area contributed by atoms with E-state index in [0.717, 1.165) is 16.7 Å². The Morgan fingerprint density at radius 3 is 2.59 bits per heavy atom. The second-order valence-electron chi connectivity index (χ2n) is 3.39. The number of anilines is 1. The summed E-state index contributed by atoms with van der Waals surface area (Å²) in [6.07, 6.45) is 3.37. The van der Waals surface area contributed by atoms with Gasteiger partial charge in [-0.3, -0.25) is 0 Å². The number of nitrogens with one attached hydrogen (secondary N) is 1. The normalized spacial score (nSPS) is 10.1. The summed E-state index contributed by atoms with van der Waals surface area (Å²) in [5.74, 6) is 1.15. The molecule has 0 saturated heterocycles. The first-order valence-corrected chi connectivity index (χ1v) is 4.86. The summed E-state index contributed by atoms with van der Waals surface area (Å²) in [7, 11) is 0. The van der Waals surface area contributed by atoms with E-state index in [1.807, 2.05) is 24.3 Å². The Kier molecular flexibility index (Phi) is 3.35. The van der Waals surface area contributed by atoms with Crippen LogP contribution in [0, 0.1) is 0 Å². The SMILES string of the molecule is Nc1ncccc1-c1nc2cccnc2[nH]1.[PoH2]. The van der Waals surface area contributed by atoms with E-state index in [1.54, 1.807) is 12.4 Å². The van der Waals surface area contributed by atoms with Crippen LogP contribution < -0.4 is 5.73 Å². The topological polar surface area (TPSA) is 80.5 Å². The monoisotopic (exact) mass is 422 g/mol. The predicted octanol–water partition coefficient (Wildman–Crippen LogP) is 0.686. The molecule has 17 heavy (non-hydrogen) atoms. The molecule has 6 heteroatoms. The minimum atomic E-state index is 0. The molecule has 0 aliphatic carbocycles. The molecule has 3 heterocycles. The molecule has 0 amide bonds. The van der Waals surface area contributed by atoms with Crippen LogP contribution in [0.25, 0.3) is 22.6 Å². The summed E-state index contributed by atoms with van der Waals surface area (Å²) in [4.78, 5) is 15.7. The third-order valence-corrected chi connectivity index (χ3v) is 2.35. The number of H-pyrrole nitrogens is 1. The summed E-state index contributed by atoms with van der Waals surface area (Å²) in [5, 5.41) is 0. The second kappa shape index (κ2) is 4.76. The van der Waals surface area contributed by atoms with Gasteiger partial charge in [0.25, 0.3) is 0 Å². The van der Waals surface area contributed by atoms with Gasteiger partial charge in [0, 0.05) is 12.4 Å². The first-order chi connectivity index (χ1) is 7.84. The van der Waals surface area contributed by atoms with Gasteiger partial charge in [-0.1, -0.05) is 0 Å². The number of fused-ring (bicyclic) bond motifs is 1. The van der Waals surface area contributed by atoms with Crippen molar-refractivity contribution in [1.82, 2.24) is 19.9 Å². The molecule has 3 rings (SSSR count). The fourth-order valence-corrected chi connectivity index (χ4v) is 1.59. The summed E-state index contributed by atoms with van der Waals surface area (Å²) in [5.41, 5.74) is 8.15. The van der Waals surface area contributed by atoms with Gasteiger partial charge >= 0.3 is 26.6 Å². The number of hydrogen-bond acceptors (Lipinski definition) is 4. The van der Waals surface area contributed by atoms with E-state index in [2.05, 4.69) is 19.9 Å². The third-order valence-electron chi connectivity index (χ3n) is 2.35. The number of rotatable bonds is 1. The quantitative estimate of drug-likeness (QED) is 0.605. The maximum absolute atomic E-state index is 5.78. The van der Waals surface area contributed by atoms with Crippen LogP contribution in [-0.4, -0.2) is 46.5 Å². The van der Waals surface area contributed by atoms with Crippen LogP contribution in [0.2, 0.25) is 0 Å². The Morgan fingerprint density at radius 1 is 1.06 bits per heavy atom. The van der Waals surface area contributed by atoms with Crippen LogP contribution in [-0.2, 0) is 0 Å². The Labute approximate surface area is 117 Å². The predicted molar refractivity (Wildman–Crippen MR) is 70.1 cm³/mol. The third kappa shape index (κ3) is 2.13. The number of hydrogen-bond donors (Lipinski definition) is 2. The van der Waals surface area contributed by atoms with E-state index < -0.39 is 0 Å². The first kappa shape index (κ1) is 11.9. The van der Waals surface area contributed by atoms with Gasteiger partial charge < -0.3 is 10.7 Å². The summed E-state index contributed by atoms with van der Waals surface area (Å²) < 4.78 is 0. The Morgan fingerprint density at radius 2 is 1.82 bits per heavy atom. The van der Waals surface area contributed by atoms with E-state index in [1.165, 1.54) is 0 Å². The molecule has 0 saturated carbocycles. The van der Waals surface area contributed by atoms with Crippen LogP contribution in [0.4, 0.5) is 5.82 Å². The second-order valence-corrected chi connectivity index (χ2v) is 3.39. The van der Waals surface area contributed by atoms with Gasteiger partial charge in [-0.2, -0.15) is 0 Å². The van der Waals surface area contributed by atoms with Crippen molar-refractivity contribution in [2.24, 2.45) is 0 Å². The van der Waals surface area contributed by atoms with Crippen LogP contribution >= 0.6 is 0 Å². The summed E-state index contributed by atoms with van der Waals surface area (Å²) in [6.45, 7) is 0. The molecule has 86 valence electrons. The number of nitrogens with zero attached hydrogens (tertiary/aromatic N) is 3. The van der Waals surface area contributed by atoms with Crippen LogP contribution in [0.1, 0.15) is 0 Å². The maximum atomic E-state index is 5.78. The fourth-order valence-electron chi connectivity index (χ4n) is 1.59. The van der Waals surface area contributed by atoms with E-state index in [-0.39, 0.29) is 26.6 Å².